The molecule has 0 spiro atoms. The first-order valence-corrected chi connectivity index (χ1v) is 5.95. The summed E-state index contributed by atoms with van der Waals surface area (Å²) in [6.07, 6.45) is 4.15. The van der Waals surface area contributed by atoms with Crippen molar-refractivity contribution in [3.05, 3.63) is 22.7 Å². The summed E-state index contributed by atoms with van der Waals surface area (Å²) < 4.78 is 3.24. The van der Waals surface area contributed by atoms with Crippen LogP contribution in [0.25, 0.3) is 0 Å². The maximum atomic E-state index is 5.76. The Morgan fingerprint density at radius 3 is 3.00 bits per heavy atom. The number of hydrogen-bond donors (Lipinski definition) is 0. The quantitative estimate of drug-likeness (QED) is 0.835. The van der Waals surface area contributed by atoms with Gasteiger partial charge in [-0.1, -0.05) is 29.9 Å². The van der Waals surface area contributed by atoms with Crippen LogP contribution >= 0.6 is 34.9 Å². The van der Waals surface area contributed by atoms with Crippen molar-refractivity contribution in [2.24, 2.45) is 0 Å². The monoisotopic (exact) mass is 246 g/mol. The van der Waals surface area contributed by atoms with Gasteiger partial charge >= 0.3 is 0 Å². The van der Waals surface area contributed by atoms with Crippen LogP contribution in [0.4, 0.5) is 0 Å². The molecule has 2 aromatic rings. The standard InChI is InChI=1S/C7H7ClN4S2/c1-2-6-10-4-12(11-6)14-7-9-3-5(8)13-7/h3-4H,2H2,1H3. The number of hydrogen-bond acceptors (Lipinski definition) is 5. The molecule has 0 amide bonds. The molecule has 14 heavy (non-hydrogen) atoms. The number of aromatic nitrogens is 4. The highest BCUT2D eigenvalue weighted by Crippen LogP contribution is 2.27. The van der Waals surface area contributed by atoms with E-state index in [9.17, 15) is 0 Å². The smallest absolute Gasteiger partial charge is 0.173 e. The molecule has 2 aromatic heterocycles. The molecule has 74 valence electrons. The van der Waals surface area contributed by atoms with Crippen LogP contribution in [0.3, 0.4) is 0 Å². The van der Waals surface area contributed by atoms with E-state index < -0.39 is 0 Å². The van der Waals surface area contributed by atoms with Crippen molar-refractivity contribution in [2.45, 2.75) is 17.7 Å². The Kier molecular flexibility index (Phi) is 3.05. The Morgan fingerprint density at radius 2 is 2.43 bits per heavy atom. The van der Waals surface area contributed by atoms with Gasteiger partial charge in [0.1, 0.15) is 10.7 Å². The molecule has 0 unspecified atom stereocenters. The summed E-state index contributed by atoms with van der Waals surface area (Å²) in [4.78, 5) is 8.22. The minimum absolute atomic E-state index is 0.684. The molecule has 0 aliphatic carbocycles. The first-order chi connectivity index (χ1) is 6.78. The number of halogens is 1. The zero-order chi connectivity index (χ0) is 9.97. The molecular weight excluding hydrogens is 240 g/mol. The topological polar surface area (TPSA) is 43.6 Å². The lowest BCUT2D eigenvalue weighted by Crippen LogP contribution is -1.88. The summed E-state index contributed by atoms with van der Waals surface area (Å²) in [6, 6.07) is 0. The summed E-state index contributed by atoms with van der Waals surface area (Å²) in [6.45, 7) is 2.02. The fraction of sp³-hybridized carbons (Fsp3) is 0.286. The third kappa shape index (κ3) is 2.26. The van der Waals surface area contributed by atoms with Crippen molar-refractivity contribution in [3.8, 4) is 0 Å². The summed E-state index contributed by atoms with van der Waals surface area (Å²) in [7, 11) is 0. The lowest BCUT2D eigenvalue weighted by Gasteiger charge is -1.92. The predicted octanol–water partition coefficient (Wildman–Crippen LogP) is 2.51. The van der Waals surface area contributed by atoms with Crippen molar-refractivity contribution in [1.82, 2.24) is 19.2 Å². The van der Waals surface area contributed by atoms with E-state index in [1.807, 2.05) is 6.92 Å². The highest BCUT2D eigenvalue weighted by molar-refractivity contribution is 7.99. The molecule has 0 aliphatic rings. The molecule has 0 atom stereocenters. The molecule has 0 bridgehead atoms. The van der Waals surface area contributed by atoms with Gasteiger partial charge in [-0.2, -0.15) is 4.09 Å². The van der Waals surface area contributed by atoms with Crippen LogP contribution in [0.5, 0.6) is 0 Å². The number of thiazole rings is 1. The van der Waals surface area contributed by atoms with E-state index in [1.165, 1.54) is 23.3 Å². The summed E-state index contributed by atoms with van der Waals surface area (Å²) >= 11 is 8.60. The number of rotatable bonds is 3. The SMILES string of the molecule is CCc1ncn(Sc2ncc(Cl)s2)n1. The van der Waals surface area contributed by atoms with E-state index in [4.69, 9.17) is 11.6 Å². The molecular formula is C7H7ClN4S2. The van der Waals surface area contributed by atoms with Gasteiger partial charge in [-0.25, -0.2) is 9.97 Å². The molecule has 0 fully saturated rings. The largest absolute Gasteiger partial charge is 0.235 e. The van der Waals surface area contributed by atoms with E-state index in [1.54, 1.807) is 16.6 Å². The first kappa shape index (κ1) is 9.95. The van der Waals surface area contributed by atoms with Gasteiger partial charge in [0.2, 0.25) is 0 Å². The number of aryl methyl sites for hydroxylation is 1. The lowest BCUT2D eigenvalue weighted by atomic mass is 10.5. The van der Waals surface area contributed by atoms with E-state index in [2.05, 4.69) is 15.1 Å². The van der Waals surface area contributed by atoms with E-state index in [-0.39, 0.29) is 0 Å². The van der Waals surface area contributed by atoms with Crippen LogP contribution in [0.2, 0.25) is 4.34 Å². The van der Waals surface area contributed by atoms with Gasteiger partial charge in [0, 0.05) is 18.4 Å². The fourth-order valence-corrected chi connectivity index (χ4v) is 2.77. The Balaban J connectivity index is 2.10. The van der Waals surface area contributed by atoms with Crippen molar-refractivity contribution in [2.75, 3.05) is 0 Å². The average Bonchev–Trinajstić information content (AvgIpc) is 2.76. The Bertz CT molecular complexity index is 425. The van der Waals surface area contributed by atoms with Crippen molar-refractivity contribution in [1.29, 1.82) is 0 Å². The summed E-state index contributed by atoms with van der Waals surface area (Å²) in [5, 5.41) is 4.23. The second-order valence-electron chi connectivity index (χ2n) is 2.44. The van der Waals surface area contributed by atoms with Crippen LogP contribution in [0.15, 0.2) is 16.9 Å². The molecule has 0 saturated heterocycles. The highest BCUT2D eigenvalue weighted by atomic mass is 35.5. The zero-order valence-corrected chi connectivity index (χ0v) is 9.73. The Hall–Kier alpha value is -0.590. The second-order valence-corrected chi connectivity index (χ2v) is 5.30. The molecule has 2 rings (SSSR count). The van der Waals surface area contributed by atoms with Crippen LogP contribution in [0, 0.1) is 0 Å². The summed E-state index contributed by atoms with van der Waals surface area (Å²) in [5.41, 5.74) is 0. The maximum absolute atomic E-state index is 5.76. The predicted molar refractivity (Wildman–Crippen MR) is 57.8 cm³/mol. The molecule has 7 heteroatoms. The molecule has 2 heterocycles. The minimum Gasteiger partial charge on any atom is -0.235 e. The van der Waals surface area contributed by atoms with Gasteiger partial charge in [-0.05, 0) is 0 Å². The minimum atomic E-state index is 0.684. The molecule has 0 radical (unpaired) electrons. The van der Waals surface area contributed by atoms with Gasteiger partial charge in [-0.3, -0.25) is 0 Å². The molecule has 0 aliphatic heterocycles. The summed E-state index contributed by atoms with van der Waals surface area (Å²) in [5.74, 6) is 0.833. The van der Waals surface area contributed by atoms with Crippen LogP contribution in [0.1, 0.15) is 12.7 Å². The van der Waals surface area contributed by atoms with Crippen molar-refractivity contribution >= 4 is 34.9 Å². The molecule has 4 nitrogen and oxygen atoms in total. The van der Waals surface area contributed by atoms with Gasteiger partial charge in [0.15, 0.2) is 10.2 Å². The van der Waals surface area contributed by atoms with Crippen molar-refractivity contribution < 1.29 is 0 Å². The Labute approximate surface area is 94.5 Å². The van der Waals surface area contributed by atoms with E-state index >= 15 is 0 Å². The normalized spacial score (nSPS) is 10.7. The first-order valence-electron chi connectivity index (χ1n) is 3.98. The molecule has 0 saturated carbocycles. The van der Waals surface area contributed by atoms with Gasteiger partial charge in [-0.15, -0.1) is 5.10 Å². The van der Waals surface area contributed by atoms with Gasteiger partial charge in [0.25, 0.3) is 0 Å². The van der Waals surface area contributed by atoms with Crippen molar-refractivity contribution in [3.63, 3.8) is 0 Å². The average molecular weight is 247 g/mol. The fourth-order valence-electron chi connectivity index (χ4n) is 0.849. The highest BCUT2D eigenvalue weighted by Gasteiger charge is 2.04. The van der Waals surface area contributed by atoms with Crippen LogP contribution < -0.4 is 0 Å². The zero-order valence-electron chi connectivity index (χ0n) is 7.35. The van der Waals surface area contributed by atoms with Gasteiger partial charge in [0.05, 0.1) is 6.20 Å². The number of nitrogens with zero attached hydrogens (tertiary/aromatic N) is 4. The van der Waals surface area contributed by atoms with Crippen LogP contribution in [-0.2, 0) is 6.42 Å². The Morgan fingerprint density at radius 1 is 1.57 bits per heavy atom. The van der Waals surface area contributed by atoms with E-state index in [0.29, 0.717) is 4.34 Å². The van der Waals surface area contributed by atoms with Gasteiger partial charge < -0.3 is 0 Å². The van der Waals surface area contributed by atoms with Crippen LogP contribution in [-0.4, -0.2) is 19.2 Å². The molecule has 0 aromatic carbocycles. The lowest BCUT2D eigenvalue weighted by molar-refractivity contribution is 0.915. The molecule has 0 N–H and O–H groups in total. The maximum Gasteiger partial charge on any atom is 0.173 e. The third-order valence-electron chi connectivity index (χ3n) is 1.46. The third-order valence-corrected chi connectivity index (χ3v) is 3.47. The van der Waals surface area contributed by atoms with E-state index in [0.717, 1.165) is 16.6 Å². The second kappa shape index (κ2) is 4.29.